The molecule has 1 saturated heterocycles. The number of nitro benzene ring substituents is 1. The zero-order valence-electron chi connectivity index (χ0n) is 12.0. The van der Waals surface area contributed by atoms with Gasteiger partial charge in [0.05, 0.1) is 11.0 Å². The fraction of sp³-hybridized carbons (Fsp3) is 0.571. The molecule has 116 valence electrons. The van der Waals surface area contributed by atoms with Gasteiger partial charge < -0.3 is 10.0 Å². The second-order valence-corrected chi connectivity index (χ2v) is 7.08. The van der Waals surface area contributed by atoms with E-state index in [2.05, 4.69) is 4.90 Å². The van der Waals surface area contributed by atoms with Crippen LogP contribution in [0.15, 0.2) is 24.3 Å². The Labute approximate surface area is 126 Å². The van der Waals surface area contributed by atoms with Crippen LogP contribution in [0, 0.1) is 10.1 Å². The smallest absolute Gasteiger partial charge is 0.269 e. The molecule has 1 aromatic rings. The molecule has 0 amide bonds. The van der Waals surface area contributed by atoms with Crippen molar-refractivity contribution in [2.45, 2.75) is 25.0 Å². The summed E-state index contributed by atoms with van der Waals surface area (Å²) < 4.78 is 11.4. The van der Waals surface area contributed by atoms with E-state index in [0.29, 0.717) is 29.7 Å². The van der Waals surface area contributed by atoms with Gasteiger partial charge in [-0.1, -0.05) is 12.1 Å². The highest BCUT2D eigenvalue weighted by Crippen LogP contribution is 2.22. The lowest BCUT2D eigenvalue weighted by Gasteiger charge is -2.32. The van der Waals surface area contributed by atoms with E-state index in [0.717, 1.165) is 12.8 Å². The summed E-state index contributed by atoms with van der Waals surface area (Å²) in [6.07, 6.45) is 0.970. The molecule has 21 heavy (non-hydrogen) atoms. The Morgan fingerprint density at radius 2 is 2.14 bits per heavy atom. The van der Waals surface area contributed by atoms with Crippen LogP contribution in [-0.2, 0) is 10.8 Å². The molecule has 1 heterocycles. The summed E-state index contributed by atoms with van der Waals surface area (Å²) in [6, 6.07) is 6.42. The lowest BCUT2D eigenvalue weighted by molar-refractivity contribution is -0.385. The Kier molecular flexibility index (Phi) is 5.44. The molecule has 0 spiro atoms. The van der Waals surface area contributed by atoms with Gasteiger partial charge in [0.2, 0.25) is 0 Å². The number of hydrogen-bond acceptors (Lipinski definition) is 5. The van der Waals surface area contributed by atoms with Crippen molar-refractivity contribution in [1.29, 1.82) is 0 Å². The molecule has 1 aliphatic heterocycles. The summed E-state index contributed by atoms with van der Waals surface area (Å²) in [5, 5.41) is 21.0. The summed E-state index contributed by atoms with van der Waals surface area (Å²) in [6.45, 7) is 0.415. The third-order valence-corrected chi connectivity index (χ3v) is 5.29. The lowest BCUT2D eigenvalue weighted by Crippen LogP contribution is -2.39. The predicted octanol–water partition coefficient (Wildman–Crippen LogP) is 1.47. The van der Waals surface area contributed by atoms with Crippen LogP contribution < -0.4 is 0 Å². The topological polar surface area (TPSA) is 83.7 Å². The second-order valence-electron chi connectivity index (χ2n) is 5.39. The van der Waals surface area contributed by atoms with E-state index in [1.165, 1.54) is 12.1 Å². The fourth-order valence-electron chi connectivity index (χ4n) is 2.60. The molecule has 1 N–H and O–H groups in total. The molecule has 0 aromatic heterocycles. The van der Waals surface area contributed by atoms with Gasteiger partial charge in [-0.15, -0.1) is 0 Å². The molecular weight excluding hydrogens is 292 g/mol. The molecule has 0 aliphatic carbocycles. The minimum absolute atomic E-state index is 0.0118. The van der Waals surface area contributed by atoms with E-state index >= 15 is 0 Å². The summed E-state index contributed by atoms with van der Waals surface area (Å²) in [5.74, 6) is 1.42. The highest BCUT2D eigenvalue weighted by molar-refractivity contribution is 7.85. The number of benzene rings is 1. The Morgan fingerprint density at radius 1 is 1.48 bits per heavy atom. The fourth-order valence-corrected chi connectivity index (χ4v) is 3.87. The zero-order valence-corrected chi connectivity index (χ0v) is 12.8. The molecule has 2 rings (SSSR count). The van der Waals surface area contributed by atoms with Gasteiger partial charge >= 0.3 is 0 Å². The molecule has 6 nitrogen and oxygen atoms in total. The van der Waals surface area contributed by atoms with Crippen LogP contribution >= 0.6 is 0 Å². The first-order valence-corrected chi connectivity index (χ1v) is 8.44. The van der Waals surface area contributed by atoms with Gasteiger partial charge in [-0.2, -0.15) is 0 Å². The normalized spacial score (nSPS) is 24.0. The van der Waals surface area contributed by atoms with Crippen LogP contribution in [-0.4, -0.2) is 50.3 Å². The standard InChI is InChI=1S/C14H20N2O4S/c1-15(12-5-7-21(20)8-6-12)10-14(17)11-3-2-4-13(9-11)16(18)19/h2-4,9,12,14,17H,5-8,10H2,1H3. The second kappa shape index (κ2) is 7.11. The Bertz CT molecular complexity index is 527. The summed E-state index contributed by atoms with van der Waals surface area (Å²) in [7, 11) is 1.23. The SMILES string of the molecule is CN(CC(O)c1cccc([N+](=O)[O-])c1)C1CCS(=O)CC1. The van der Waals surface area contributed by atoms with Crippen molar-refractivity contribution >= 4 is 16.5 Å². The van der Waals surface area contributed by atoms with Crippen LogP contribution in [0.1, 0.15) is 24.5 Å². The van der Waals surface area contributed by atoms with Gasteiger partial charge in [0, 0.05) is 47.0 Å². The minimum atomic E-state index is -0.762. The lowest BCUT2D eigenvalue weighted by atomic mass is 10.1. The number of aliphatic hydroxyl groups excluding tert-OH is 1. The van der Waals surface area contributed by atoms with Gasteiger partial charge in [0.1, 0.15) is 0 Å². The van der Waals surface area contributed by atoms with E-state index < -0.39 is 21.8 Å². The maximum atomic E-state index is 11.4. The highest BCUT2D eigenvalue weighted by Gasteiger charge is 2.23. The van der Waals surface area contributed by atoms with Crippen molar-refractivity contribution in [3.8, 4) is 0 Å². The Morgan fingerprint density at radius 3 is 2.76 bits per heavy atom. The number of aliphatic hydroxyl groups is 1. The molecule has 1 aliphatic rings. The number of rotatable bonds is 5. The first-order valence-electron chi connectivity index (χ1n) is 6.95. The first-order chi connectivity index (χ1) is 9.97. The number of non-ortho nitro benzene ring substituents is 1. The maximum absolute atomic E-state index is 11.4. The third-order valence-electron chi connectivity index (χ3n) is 3.91. The average molecular weight is 312 g/mol. The van der Waals surface area contributed by atoms with E-state index in [4.69, 9.17) is 0 Å². The zero-order chi connectivity index (χ0) is 15.4. The number of nitro groups is 1. The van der Waals surface area contributed by atoms with Crippen LogP contribution in [0.5, 0.6) is 0 Å². The predicted molar refractivity (Wildman–Crippen MR) is 81.6 cm³/mol. The van der Waals surface area contributed by atoms with E-state index in [9.17, 15) is 19.4 Å². The summed E-state index contributed by atoms with van der Waals surface area (Å²) >= 11 is 0. The number of nitrogens with zero attached hydrogens (tertiary/aromatic N) is 2. The van der Waals surface area contributed by atoms with Crippen LogP contribution in [0.2, 0.25) is 0 Å². The van der Waals surface area contributed by atoms with Crippen LogP contribution in [0.4, 0.5) is 5.69 Å². The van der Waals surface area contributed by atoms with Gasteiger partial charge in [0.25, 0.3) is 5.69 Å². The van der Waals surface area contributed by atoms with E-state index in [-0.39, 0.29) is 5.69 Å². The Balaban J connectivity index is 1.97. The average Bonchev–Trinajstić information content (AvgIpc) is 2.48. The van der Waals surface area contributed by atoms with Crippen molar-refractivity contribution < 1.29 is 14.2 Å². The molecular formula is C14H20N2O4S. The van der Waals surface area contributed by atoms with Crippen molar-refractivity contribution in [3.05, 3.63) is 39.9 Å². The summed E-state index contributed by atoms with van der Waals surface area (Å²) in [4.78, 5) is 12.4. The molecule has 7 heteroatoms. The molecule has 1 unspecified atom stereocenters. The molecule has 0 radical (unpaired) electrons. The van der Waals surface area contributed by atoms with Crippen LogP contribution in [0.3, 0.4) is 0 Å². The quantitative estimate of drug-likeness (QED) is 0.657. The third kappa shape index (κ3) is 4.33. The maximum Gasteiger partial charge on any atom is 0.269 e. The summed E-state index contributed by atoms with van der Waals surface area (Å²) in [5.41, 5.74) is 0.540. The van der Waals surface area contributed by atoms with Gasteiger partial charge in [-0.3, -0.25) is 14.3 Å². The molecule has 1 fully saturated rings. The number of likely N-dealkylation sites (N-methyl/N-ethyl adjacent to an activating group) is 1. The van der Waals surface area contributed by atoms with Crippen molar-refractivity contribution in [2.75, 3.05) is 25.1 Å². The van der Waals surface area contributed by atoms with Crippen molar-refractivity contribution in [2.24, 2.45) is 0 Å². The van der Waals surface area contributed by atoms with E-state index in [1.807, 2.05) is 7.05 Å². The van der Waals surface area contributed by atoms with Gasteiger partial charge in [0.15, 0.2) is 0 Å². The molecule has 1 aromatic carbocycles. The first kappa shape index (κ1) is 16.1. The largest absolute Gasteiger partial charge is 0.387 e. The minimum Gasteiger partial charge on any atom is -0.387 e. The van der Waals surface area contributed by atoms with Crippen molar-refractivity contribution in [3.63, 3.8) is 0 Å². The van der Waals surface area contributed by atoms with Gasteiger partial charge in [-0.05, 0) is 25.5 Å². The van der Waals surface area contributed by atoms with Gasteiger partial charge in [-0.25, -0.2) is 0 Å². The molecule has 0 bridgehead atoms. The monoisotopic (exact) mass is 312 g/mol. The highest BCUT2D eigenvalue weighted by atomic mass is 32.2. The van der Waals surface area contributed by atoms with Crippen LogP contribution in [0.25, 0.3) is 0 Å². The molecule has 1 atom stereocenters. The Hall–Kier alpha value is -1.31. The van der Waals surface area contributed by atoms with E-state index in [1.54, 1.807) is 12.1 Å². The van der Waals surface area contributed by atoms with Crippen molar-refractivity contribution in [1.82, 2.24) is 4.90 Å². The number of hydrogen-bond donors (Lipinski definition) is 1. The molecule has 0 saturated carbocycles.